The number of benzene rings is 2. The molecule has 0 atom stereocenters. The minimum absolute atomic E-state index is 0.318. The first-order valence-electron chi connectivity index (χ1n) is 8.24. The molecule has 138 valence electrons. The summed E-state index contributed by atoms with van der Waals surface area (Å²) in [6.45, 7) is 3.77. The molecule has 1 heterocycles. The molecule has 1 amide bonds. The van der Waals surface area contributed by atoms with Crippen LogP contribution in [0, 0.1) is 13.8 Å². The number of hydrogen-bond donors (Lipinski definition) is 2. The molecule has 0 bridgehead atoms. The predicted octanol–water partition coefficient (Wildman–Crippen LogP) is 6.10. The van der Waals surface area contributed by atoms with Crippen LogP contribution in [0.2, 0.25) is 10.0 Å². The second kappa shape index (κ2) is 7.91. The summed E-state index contributed by atoms with van der Waals surface area (Å²) in [7, 11) is 0. The van der Waals surface area contributed by atoms with Crippen molar-refractivity contribution in [1.29, 1.82) is 0 Å². The number of nitrogens with two attached hydrogens (primary N) is 1. The van der Waals surface area contributed by atoms with E-state index in [1.54, 1.807) is 24.3 Å². The molecule has 0 aliphatic rings. The lowest BCUT2D eigenvalue weighted by Crippen LogP contribution is -2.09. The monoisotopic (exact) mass is 400 g/mol. The molecule has 4 nitrogen and oxygen atoms in total. The number of furan rings is 1. The van der Waals surface area contributed by atoms with E-state index in [4.69, 9.17) is 33.4 Å². The van der Waals surface area contributed by atoms with E-state index < -0.39 is 0 Å². The van der Waals surface area contributed by atoms with Gasteiger partial charge in [-0.1, -0.05) is 35.3 Å². The molecular formula is C21H18Cl2N2O2. The Bertz CT molecular complexity index is 1020. The Labute approximate surface area is 167 Å². The van der Waals surface area contributed by atoms with Crippen LogP contribution in [0.3, 0.4) is 0 Å². The van der Waals surface area contributed by atoms with Gasteiger partial charge >= 0.3 is 0 Å². The molecule has 27 heavy (non-hydrogen) atoms. The van der Waals surface area contributed by atoms with Gasteiger partial charge < -0.3 is 15.5 Å². The van der Waals surface area contributed by atoms with Gasteiger partial charge in [0.15, 0.2) is 0 Å². The summed E-state index contributed by atoms with van der Waals surface area (Å²) in [4.78, 5) is 12.2. The van der Waals surface area contributed by atoms with Gasteiger partial charge in [-0.25, -0.2) is 0 Å². The maximum absolute atomic E-state index is 12.2. The molecule has 3 N–H and O–H groups in total. The summed E-state index contributed by atoms with van der Waals surface area (Å²) < 4.78 is 5.76. The molecule has 3 rings (SSSR count). The average molecular weight is 401 g/mol. The van der Waals surface area contributed by atoms with Gasteiger partial charge in [-0.2, -0.15) is 0 Å². The Morgan fingerprint density at radius 2 is 1.81 bits per heavy atom. The Morgan fingerprint density at radius 1 is 1.04 bits per heavy atom. The fourth-order valence-electron chi connectivity index (χ4n) is 2.60. The zero-order valence-corrected chi connectivity index (χ0v) is 16.4. The lowest BCUT2D eigenvalue weighted by Gasteiger charge is -2.09. The third kappa shape index (κ3) is 4.54. The van der Waals surface area contributed by atoms with Crippen molar-refractivity contribution in [2.24, 2.45) is 0 Å². The molecule has 0 spiro atoms. The molecule has 0 saturated carbocycles. The van der Waals surface area contributed by atoms with Crippen molar-refractivity contribution in [2.45, 2.75) is 13.8 Å². The minimum Gasteiger partial charge on any atom is -0.457 e. The Hall–Kier alpha value is -2.69. The lowest BCUT2D eigenvalue weighted by molar-refractivity contribution is -0.111. The number of carbonyl (C=O) groups is 1. The summed E-state index contributed by atoms with van der Waals surface area (Å²) in [5.74, 6) is 0.910. The van der Waals surface area contributed by atoms with Gasteiger partial charge in [0.2, 0.25) is 5.91 Å². The highest BCUT2D eigenvalue weighted by atomic mass is 35.5. The molecule has 1 aromatic heterocycles. The van der Waals surface area contributed by atoms with E-state index in [0.717, 1.165) is 16.7 Å². The first kappa shape index (κ1) is 19.1. The number of rotatable bonds is 4. The van der Waals surface area contributed by atoms with Gasteiger partial charge in [-0.05, 0) is 61.4 Å². The van der Waals surface area contributed by atoms with E-state index in [-0.39, 0.29) is 5.91 Å². The molecule has 0 fully saturated rings. The van der Waals surface area contributed by atoms with Crippen LogP contribution < -0.4 is 11.1 Å². The molecule has 2 aromatic carbocycles. The molecule has 0 radical (unpaired) electrons. The van der Waals surface area contributed by atoms with E-state index in [1.165, 1.54) is 6.08 Å². The van der Waals surface area contributed by atoms with Crippen LogP contribution in [0.4, 0.5) is 11.4 Å². The van der Waals surface area contributed by atoms with Gasteiger partial charge in [0.25, 0.3) is 0 Å². The Morgan fingerprint density at radius 3 is 2.52 bits per heavy atom. The molecule has 0 unspecified atom stereocenters. The first-order valence-corrected chi connectivity index (χ1v) is 9.00. The third-order valence-electron chi connectivity index (χ3n) is 4.04. The number of hydrogen-bond acceptors (Lipinski definition) is 3. The normalized spacial score (nSPS) is 11.1. The summed E-state index contributed by atoms with van der Waals surface area (Å²) in [6.07, 6.45) is 2.98. The largest absolute Gasteiger partial charge is 0.457 e. The van der Waals surface area contributed by atoms with Gasteiger partial charge in [0.05, 0.1) is 10.7 Å². The summed E-state index contributed by atoms with van der Waals surface area (Å²) >= 11 is 12.3. The first-order chi connectivity index (χ1) is 12.8. The van der Waals surface area contributed by atoms with E-state index in [9.17, 15) is 4.79 Å². The van der Waals surface area contributed by atoms with Crippen molar-refractivity contribution < 1.29 is 9.21 Å². The summed E-state index contributed by atoms with van der Waals surface area (Å²) in [5, 5.41) is 3.83. The van der Waals surface area contributed by atoms with Crippen molar-refractivity contribution in [2.75, 3.05) is 11.1 Å². The fraction of sp³-hybridized carbons (Fsp3) is 0.0952. The zero-order chi connectivity index (χ0) is 19.6. The van der Waals surface area contributed by atoms with E-state index >= 15 is 0 Å². The van der Waals surface area contributed by atoms with E-state index in [1.807, 2.05) is 38.1 Å². The third-order valence-corrected chi connectivity index (χ3v) is 4.75. The van der Waals surface area contributed by atoms with Crippen LogP contribution in [0.1, 0.15) is 16.9 Å². The van der Waals surface area contributed by atoms with Crippen LogP contribution >= 0.6 is 23.2 Å². The average Bonchev–Trinajstić information content (AvgIpc) is 3.07. The minimum atomic E-state index is -0.318. The predicted molar refractivity (Wildman–Crippen MR) is 112 cm³/mol. The van der Waals surface area contributed by atoms with Gasteiger partial charge in [0.1, 0.15) is 11.5 Å². The molecular weight excluding hydrogens is 383 g/mol. The van der Waals surface area contributed by atoms with Crippen molar-refractivity contribution in [3.8, 4) is 11.3 Å². The van der Waals surface area contributed by atoms with Crippen molar-refractivity contribution >= 4 is 46.6 Å². The van der Waals surface area contributed by atoms with E-state index in [0.29, 0.717) is 32.9 Å². The standard InChI is InChI=1S/C21H18Cl2N2O2/c1-12-3-4-14(10-17(12)22)19-7-5-16(27-19)6-8-20(26)25-21-13(2)9-15(24)11-18(21)23/h3-11H,24H2,1-2H3,(H,25,26)/b8-6+. The number of anilines is 2. The van der Waals surface area contributed by atoms with Crippen LogP contribution in [0.5, 0.6) is 0 Å². The molecule has 6 heteroatoms. The highest BCUT2D eigenvalue weighted by Crippen LogP contribution is 2.29. The summed E-state index contributed by atoms with van der Waals surface area (Å²) in [5.41, 5.74) is 9.48. The van der Waals surface area contributed by atoms with Crippen LogP contribution in [0.15, 0.2) is 53.0 Å². The highest BCUT2D eigenvalue weighted by Gasteiger charge is 2.09. The quantitative estimate of drug-likeness (QED) is 0.410. The zero-order valence-electron chi connectivity index (χ0n) is 14.8. The highest BCUT2D eigenvalue weighted by molar-refractivity contribution is 6.34. The van der Waals surface area contributed by atoms with Crippen molar-refractivity contribution in [3.63, 3.8) is 0 Å². The fourth-order valence-corrected chi connectivity index (χ4v) is 3.10. The van der Waals surface area contributed by atoms with Crippen molar-refractivity contribution in [3.05, 3.63) is 75.5 Å². The Balaban J connectivity index is 1.72. The molecule has 0 aliphatic carbocycles. The van der Waals surface area contributed by atoms with Gasteiger partial charge in [-0.15, -0.1) is 0 Å². The second-order valence-electron chi connectivity index (χ2n) is 6.18. The number of carbonyl (C=O) groups excluding carboxylic acids is 1. The molecule has 3 aromatic rings. The number of amides is 1. The molecule has 0 saturated heterocycles. The number of aryl methyl sites for hydroxylation is 2. The number of nitrogen functional groups attached to an aromatic ring is 1. The SMILES string of the molecule is Cc1ccc(-c2ccc(/C=C/C(=O)Nc3c(C)cc(N)cc3Cl)o2)cc1Cl. The maximum atomic E-state index is 12.2. The summed E-state index contributed by atoms with van der Waals surface area (Å²) in [6, 6.07) is 12.7. The van der Waals surface area contributed by atoms with Crippen LogP contribution in [-0.4, -0.2) is 5.91 Å². The molecule has 0 aliphatic heterocycles. The number of halogens is 2. The topological polar surface area (TPSA) is 68.3 Å². The number of nitrogens with one attached hydrogen (secondary N) is 1. The lowest BCUT2D eigenvalue weighted by atomic mass is 10.1. The van der Waals surface area contributed by atoms with Crippen molar-refractivity contribution in [1.82, 2.24) is 0 Å². The Kier molecular flexibility index (Phi) is 5.59. The van der Waals surface area contributed by atoms with Gasteiger partial charge in [0, 0.05) is 22.3 Å². The van der Waals surface area contributed by atoms with Gasteiger partial charge in [-0.3, -0.25) is 4.79 Å². The van der Waals surface area contributed by atoms with E-state index in [2.05, 4.69) is 5.32 Å². The van der Waals surface area contributed by atoms with Crippen LogP contribution in [-0.2, 0) is 4.79 Å². The maximum Gasteiger partial charge on any atom is 0.248 e. The van der Waals surface area contributed by atoms with Crippen LogP contribution in [0.25, 0.3) is 17.4 Å². The smallest absolute Gasteiger partial charge is 0.248 e. The second-order valence-corrected chi connectivity index (χ2v) is 7.00.